The summed E-state index contributed by atoms with van der Waals surface area (Å²) in [6, 6.07) is 6.35. The van der Waals surface area contributed by atoms with Crippen LogP contribution in [0.25, 0.3) is 0 Å². The lowest BCUT2D eigenvalue weighted by Gasteiger charge is -2.35. The Morgan fingerprint density at radius 3 is 2.63 bits per heavy atom. The summed E-state index contributed by atoms with van der Waals surface area (Å²) in [5.41, 5.74) is 7.04. The van der Waals surface area contributed by atoms with Crippen LogP contribution in [0.15, 0.2) is 22.7 Å². The summed E-state index contributed by atoms with van der Waals surface area (Å²) in [5.74, 6) is 0. The van der Waals surface area contributed by atoms with Crippen molar-refractivity contribution in [3.63, 3.8) is 0 Å². The number of methoxy groups -OCH3 is 1. The zero-order valence-electron chi connectivity index (χ0n) is 11.7. The predicted octanol–water partition coefficient (Wildman–Crippen LogP) is 3.46. The number of benzene rings is 1. The van der Waals surface area contributed by atoms with E-state index in [0.29, 0.717) is 19.2 Å². The third kappa shape index (κ3) is 4.72. The number of halogens is 2. The lowest BCUT2D eigenvalue weighted by atomic mass is 10.0. The van der Waals surface area contributed by atoms with Crippen molar-refractivity contribution in [1.29, 1.82) is 0 Å². The van der Waals surface area contributed by atoms with E-state index in [0.717, 1.165) is 21.6 Å². The highest BCUT2D eigenvalue weighted by Crippen LogP contribution is 2.30. The molecule has 0 radical (unpaired) electrons. The van der Waals surface area contributed by atoms with Gasteiger partial charge in [0.15, 0.2) is 0 Å². The molecule has 0 saturated heterocycles. The maximum Gasteiger partial charge on any atom is 0.0590 e. The smallest absolute Gasteiger partial charge is 0.0590 e. The van der Waals surface area contributed by atoms with Crippen LogP contribution in [0.4, 0.5) is 0 Å². The van der Waals surface area contributed by atoms with E-state index in [-0.39, 0.29) is 6.04 Å². The predicted molar refractivity (Wildman–Crippen MR) is 84.7 cm³/mol. The molecular weight excluding hydrogens is 328 g/mol. The van der Waals surface area contributed by atoms with Crippen LogP contribution in [-0.4, -0.2) is 37.7 Å². The van der Waals surface area contributed by atoms with Gasteiger partial charge in [-0.1, -0.05) is 27.5 Å². The summed E-state index contributed by atoms with van der Waals surface area (Å²) in [6.45, 7) is 6.35. The van der Waals surface area contributed by atoms with Gasteiger partial charge in [-0.2, -0.15) is 0 Å². The first kappa shape index (κ1) is 16.9. The number of nitrogens with zero attached hydrogens (tertiary/aromatic N) is 1. The van der Waals surface area contributed by atoms with E-state index in [2.05, 4.69) is 34.7 Å². The highest BCUT2D eigenvalue weighted by Gasteiger charge is 2.23. The molecule has 0 spiro atoms. The monoisotopic (exact) mass is 348 g/mol. The Morgan fingerprint density at radius 1 is 1.42 bits per heavy atom. The Labute approximate surface area is 129 Å². The first-order valence-electron chi connectivity index (χ1n) is 6.41. The topological polar surface area (TPSA) is 38.5 Å². The molecule has 0 aromatic heterocycles. The lowest BCUT2D eigenvalue weighted by molar-refractivity contribution is 0.0980. The fourth-order valence-electron chi connectivity index (χ4n) is 2.18. The second-order valence-corrected chi connectivity index (χ2v) is 6.06. The van der Waals surface area contributed by atoms with Gasteiger partial charge in [0.05, 0.1) is 6.61 Å². The number of rotatable bonds is 7. The van der Waals surface area contributed by atoms with Crippen molar-refractivity contribution >= 4 is 27.5 Å². The molecule has 0 aliphatic heterocycles. The molecule has 0 bridgehead atoms. The van der Waals surface area contributed by atoms with Crippen molar-refractivity contribution in [3.8, 4) is 0 Å². The van der Waals surface area contributed by atoms with Crippen molar-refractivity contribution in [2.24, 2.45) is 5.73 Å². The zero-order chi connectivity index (χ0) is 14.4. The molecule has 0 fully saturated rings. The molecule has 0 heterocycles. The summed E-state index contributed by atoms with van der Waals surface area (Å²) in [6.07, 6.45) is 0. The van der Waals surface area contributed by atoms with E-state index in [1.165, 1.54) is 0 Å². The summed E-state index contributed by atoms with van der Waals surface area (Å²) < 4.78 is 6.20. The third-order valence-corrected chi connectivity index (χ3v) is 3.99. The van der Waals surface area contributed by atoms with Crippen LogP contribution in [-0.2, 0) is 4.74 Å². The van der Waals surface area contributed by atoms with Gasteiger partial charge in [0.2, 0.25) is 0 Å². The van der Waals surface area contributed by atoms with Gasteiger partial charge in [-0.25, -0.2) is 0 Å². The Bertz CT molecular complexity index is 401. The highest BCUT2D eigenvalue weighted by atomic mass is 79.9. The second-order valence-electron chi connectivity index (χ2n) is 4.74. The maximum absolute atomic E-state index is 6.32. The Morgan fingerprint density at radius 2 is 2.11 bits per heavy atom. The molecular formula is C14H22BrClN2O. The Balaban J connectivity index is 3.04. The van der Waals surface area contributed by atoms with Crippen molar-refractivity contribution in [2.45, 2.75) is 25.9 Å². The zero-order valence-corrected chi connectivity index (χ0v) is 14.0. The molecule has 1 unspecified atom stereocenters. The van der Waals surface area contributed by atoms with Gasteiger partial charge >= 0.3 is 0 Å². The van der Waals surface area contributed by atoms with Crippen LogP contribution in [0.1, 0.15) is 25.5 Å². The van der Waals surface area contributed by atoms with Crippen molar-refractivity contribution in [3.05, 3.63) is 33.3 Å². The lowest BCUT2D eigenvalue weighted by Crippen LogP contribution is -2.40. The number of ether oxygens (including phenoxy) is 1. The molecule has 0 saturated carbocycles. The normalized spacial score (nSPS) is 13.3. The van der Waals surface area contributed by atoms with Crippen LogP contribution >= 0.6 is 27.5 Å². The van der Waals surface area contributed by atoms with E-state index in [9.17, 15) is 0 Å². The maximum atomic E-state index is 6.32. The fourth-order valence-corrected chi connectivity index (χ4v) is 2.80. The van der Waals surface area contributed by atoms with Gasteiger partial charge in [-0.3, -0.25) is 4.90 Å². The fraction of sp³-hybridized carbons (Fsp3) is 0.571. The first-order chi connectivity index (χ1) is 9.01. The third-order valence-electron chi connectivity index (χ3n) is 3.16. The molecule has 2 N–H and O–H groups in total. The molecule has 1 atom stereocenters. The summed E-state index contributed by atoms with van der Waals surface area (Å²) in [5, 5.41) is 0.752. The van der Waals surface area contributed by atoms with Crippen LogP contribution in [0.2, 0.25) is 5.02 Å². The van der Waals surface area contributed by atoms with E-state index in [1.54, 1.807) is 7.11 Å². The summed E-state index contributed by atoms with van der Waals surface area (Å²) >= 11 is 9.81. The largest absolute Gasteiger partial charge is 0.383 e. The van der Waals surface area contributed by atoms with Crippen molar-refractivity contribution < 1.29 is 4.74 Å². The van der Waals surface area contributed by atoms with Gasteiger partial charge < -0.3 is 10.5 Å². The van der Waals surface area contributed by atoms with Crippen LogP contribution < -0.4 is 5.73 Å². The molecule has 1 aromatic carbocycles. The van der Waals surface area contributed by atoms with Crippen molar-refractivity contribution in [1.82, 2.24) is 4.90 Å². The molecule has 19 heavy (non-hydrogen) atoms. The van der Waals surface area contributed by atoms with Crippen molar-refractivity contribution in [2.75, 3.05) is 26.8 Å². The molecule has 108 valence electrons. The van der Waals surface area contributed by atoms with E-state index < -0.39 is 0 Å². The minimum Gasteiger partial charge on any atom is -0.383 e. The number of nitrogens with two attached hydrogens (primary N) is 1. The van der Waals surface area contributed by atoms with Gasteiger partial charge in [0, 0.05) is 41.8 Å². The molecule has 1 aromatic rings. The standard InChI is InChI=1S/C14H22BrClN2O/c1-10(2)18(6-7-19-3)14(9-17)12-8-11(15)4-5-13(12)16/h4-5,8,10,14H,6-7,9,17H2,1-3H3. The van der Waals surface area contributed by atoms with Gasteiger partial charge in [0.1, 0.15) is 0 Å². The summed E-state index contributed by atoms with van der Waals surface area (Å²) in [4.78, 5) is 2.32. The Kier molecular flexibility index (Phi) is 7.32. The minimum atomic E-state index is 0.0974. The van der Waals surface area contributed by atoms with Gasteiger partial charge in [-0.15, -0.1) is 0 Å². The summed E-state index contributed by atoms with van der Waals surface area (Å²) in [7, 11) is 1.71. The minimum absolute atomic E-state index is 0.0974. The second kappa shape index (κ2) is 8.22. The Hall–Kier alpha value is -0.130. The van der Waals surface area contributed by atoms with Crippen LogP contribution in [0.5, 0.6) is 0 Å². The molecule has 0 aliphatic carbocycles. The van der Waals surface area contributed by atoms with Crippen LogP contribution in [0, 0.1) is 0 Å². The molecule has 5 heteroatoms. The molecule has 0 aliphatic rings. The van der Waals surface area contributed by atoms with E-state index in [1.807, 2.05) is 18.2 Å². The molecule has 0 amide bonds. The van der Waals surface area contributed by atoms with Crippen LogP contribution in [0.3, 0.4) is 0 Å². The number of hydrogen-bond donors (Lipinski definition) is 1. The average Bonchev–Trinajstić information content (AvgIpc) is 2.37. The average molecular weight is 350 g/mol. The first-order valence-corrected chi connectivity index (χ1v) is 7.58. The number of hydrogen-bond acceptors (Lipinski definition) is 3. The van der Waals surface area contributed by atoms with Gasteiger partial charge in [-0.05, 0) is 37.6 Å². The molecule has 3 nitrogen and oxygen atoms in total. The molecule has 1 rings (SSSR count). The van der Waals surface area contributed by atoms with Gasteiger partial charge in [0.25, 0.3) is 0 Å². The van der Waals surface area contributed by atoms with E-state index in [4.69, 9.17) is 22.1 Å². The SMILES string of the molecule is COCCN(C(C)C)C(CN)c1cc(Br)ccc1Cl. The van der Waals surface area contributed by atoms with E-state index >= 15 is 0 Å². The quantitative estimate of drug-likeness (QED) is 0.819. The highest BCUT2D eigenvalue weighted by molar-refractivity contribution is 9.10.